The molecule has 2 N–H and O–H groups in total. The highest BCUT2D eigenvalue weighted by Crippen LogP contribution is 2.12. The number of amides is 1. The van der Waals surface area contributed by atoms with Crippen LogP contribution in [0.3, 0.4) is 0 Å². The van der Waals surface area contributed by atoms with Crippen molar-refractivity contribution in [3.8, 4) is 5.75 Å². The summed E-state index contributed by atoms with van der Waals surface area (Å²) in [6, 6.07) is 7.84. The van der Waals surface area contributed by atoms with E-state index in [0.717, 1.165) is 24.4 Å². The summed E-state index contributed by atoms with van der Waals surface area (Å²) in [5.41, 5.74) is 0.979. The number of carbonyl (C=O) groups excluding carboxylic acids is 1. The Labute approximate surface area is 101 Å². The lowest BCUT2D eigenvalue weighted by Gasteiger charge is -2.27. The summed E-state index contributed by atoms with van der Waals surface area (Å²) in [5, 5.41) is 6.00. The van der Waals surface area contributed by atoms with Crippen molar-refractivity contribution in [3.05, 3.63) is 35.9 Å². The Morgan fingerprint density at radius 2 is 2.12 bits per heavy atom. The highest BCUT2D eigenvalue weighted by Gasteiger charge is 2.17. The second-order valence-electron chi connectivity index (χ2n) is 3.97. The normalized spacial score (nSPS) is 15.6. The van der Waals surface area contributed by atoms with Crippen molar-refractivity contribution >= 4 is 12.0 Å². The van der Waals surface area contributed by atoms with Crippen molar-refractivity contribution < 1.29 is 9.53 Å². The van der Waals surface area contributed by atoms with E-state index in [2.05, 4.69) is 10.6 Å². The van der Waals surface area contributed by atoms with Crippen molar-refractivity contribution in [2.24, 2.45) is 0 Å². The Hall–Kier alpha value is -1.81. The molecule has 4 nitrogen and oxygen atoms in total. The van der Waals surface area contributed by atoms with Crippen LogP contribution in [0.4, 0.5) is 0 Å². The number of ether oxygens (including phenoxy) is 1. The molecule has 1 aromatic carbocycles. The smallest absolute Gasteiger partial charge is 0.244 e. The third-order valence-corrected chi connectivity index (χ3v) is 2.67. The summed E-state index contributed by atoms with van der Waals surface area (Å²) in [4.78, 5) is 11.5. The molecule has 0 spiro atoms. The molecule has 0 bridgehead atoms. The maximum Gasteiger partial charge on any atom is 0.244 e. The van der Waals surface area contributed by atoms with Crippen molar-refractivity contribution in [1.82, 2.24) is 10.6 Å². The van der Waals surface area contributed by atoms with E-state index in [1.807, 2.05) is 24.3 Å². The Morgan fingerprint density at radius 1 is 1.41 bits per heavy atom. The molecule has 1 heterocycles. The zero-order chi connectivity index (χ0) is 12.1. The van der Waals surface area contributed by atoms with E-state index in [-0.39, 0.29) is 11.9 Å². The van der Waals surface area contributed by atoms with Gasteiger partial charge in [-0.25, -0.2) is 0 Å². The van der Waals surface area contributed by atoms with E-state index >= 15 is 0 Å². The molecule has 0 aromatic heterocycles. The van der Waals surface area contributed by atoms with Crippen LogP contribution < -0.4 is 15.4 Å². The maximum atomic E-state index is 11.5. The second kappa shape index (κ2) is 5.50. The van der Waals surface area contributed by atoms with Crippen LogP contribution in [0.1, 0.15) is 5.56 Å². The van der Waals surface area contributed by atoms with Gasteiger partial charge in [0.2, 0.25) is 5.91 Å². The predicted molar refractivity (Wildman–Crippen MR) is 66.8 cm³/mol. The molecule has 1 amide bonds. The number of nitrogens with one attached hydrogen (secondary N) is 2. The van der Waals surface area contributed by atoms with Crippen LogP contribution in [0.15, 0.2) is 30.3 Å². The van der Waals surface area contributed by atoms with Gasteiger partial charge in [0.1, 0.15) is 5.75 Å². The zero-order valence-electron chi connectivity index (χ0n) is 9.77. The fourth-order valence-corrected chi connectivity index (χ4v) is 1.53. The Morgan fingerprint density at radius 3 is 2.65 bits per heavy atom. The first-order chi connectivity index (χ1) is 8.28. The molecule has 0 radical (unpaired) electrons. The lowest BCUT2D eigenvalue weighted by atomic mass is 10.1. The molecule has 0 aliphatic carbocycles. The molecular formula is C13H16N2O2. The van der Waals surface area contributed by atoms with Gasteiger partial charge in [-0.3, -0.25) is 4.79 Å². The molecule has 17 heavy (non-hydrogen) atoms. The zero-order valence-corrected chi connectivity index (χ0v) is 9.77. The van der Waals surface area contributed by atoms with Crippen molar-refractivity contribution in [2.75, 3.05) is 20.2 Å². The van der Waals surface area contributed by atoms with Gasteiger partial charge in [0.05, 0.1) is 13.2 Å². The molecule has 0 atom stereocenters. The molecule has 2 rings (SSSR count). The van der Waals surface area contributed by atoms with Crippen LogP contribution in [0, 0.1) is 0 Å². The van der Waals surface area contributed by atoms with Crippen LogP contribution >= 0.6 is 0 Å². The van der Waals surface area contributed by atoms with E-state index in [1.165, 1.54) is 0 Å². The van der Waals surface area contributed by atoms with Crippen LogP contribution in [-0.2, 0) is 4.79 Å². The highest BCUT2D eigenvalue weighted by atomic mass is 16.5. The number of methoxy groups -OCH3 is 1. The number of hydrogen-bond acceptors (Lipinski definition) is 3. The van der Waals surface area contributed by atoms with E-state index in [4.69, 9.17) is 4.74 Å². The fourth-order valence-electron chi connectivity index (χ4n) is 1.53. The van der Waals surface area contributed by atoms with Crippen LogP contribution in [0.5, 0.6) is 5.75 Å². The molecule has 1 fully saturated rings. The van der Waals surface area contributed by atoms with Crippen molar-refractivity contribution in [2.45, 2.75) is 6.04 Å². The van der Waals surface area contributed by atoms with Gasteiger partial charge in [-0.05, 0) is 23.8 Å². The maximum absolute atomic E-state index is 11.5. The first-order valence-corrected chi connectivity index (χ1v) is 5.61. The lowest BCUT2D eigenvalue weighted by Crippen LogP contribution is -2.56. The molecule has 1 aliphatic heterocycles. The summed E-state index contributed by atoms with van der Waals surface area (Å²) in [5.74, 6) is 0.763. The third kappa shape index (κ3) is 3.32. The average molecular weight is 232 g/mol. The molecular weight excluding hydrogens is 216 g/mol. The largest absolute Gasteiger partial charge is 0.497 e. The van der Waals surface area contributed by atoms with Gasteiger partial charge in [-0.15, -0.1) is 0 Å². The number of rotatable bonds is 4. The third-order valence-electron chi connectivity index (χ3n) is 2.67. The van der Waals surface area contributed by atoms with E-state index in [9.17, 15) is 4.79 Å². The molecule has 1 aromatic rings. The van der Waals surface area contributed by atoms with Crippen molar-refractivity contribution in [3.63, 3.8) is 0 Å². The van der Waals surface area contributed by atoms with Gasteiger partial charge < -0.3 is 15.4 Å². The average Bonchev–Trinajstić information content (AvgIpc) is 2.32. The minimum atomic E-state index is -0.0488. The van der Waals surface area contributed by atoms with Crippen LogP contribution in [0.25, 0.3) is 6.08 Å². The van der Waals surface area contributed by atoms with Gasteiger partial charge in [-0.1, -0.05) is 12.1 Å². The number of hydrogen-bond donors (Lipinski definition) is 2. The quantitative estimate of drug-likeness (QED) is 0.755. The number of carbonyl (C=O) groups is 1. The van der Waals surface area contributed by atoms with Crippen molar-refractivity contribution in [1.29, 1.82) is 0 Å². The highest BCUT2D eigenvalue weighted by molar-refractivity contribution is 5.92. The molecule has 4 heteroatoms. The van der Waals surface area contributed by atoms with E-state index < -0.39 is 0 Å². The molecule has 0 unspecified atom stereocenters. The minimum Gasteiger partial charge on any atom is -0.497 e. The standard InChI is InChI=1S/C13H16N2O2/c1-17-12-5-2-10(3-6-12)4-7-13(16)15-11-8-14-9-11/h2-7,11,14H,8-9H2,1H3,(H,15,16). The van der Waals surface area contributed by atoms with Gasteiger partial charge in [0.15, 0.2) is 0 Å². The predicted octanol–water partition coefficient (Wildman–Crippen LogP) is 0.796. The summed E-state index contributed by atoms with van der Waals surface area (Å²) in [6.07, 6.45) is 3.35. The Balaban J connectivity index is 1.87. The monoisotopic (exact) mass is 232 g/mol. The molecule has 1 aliphatic rings. The first-order valence-electron chi connectivity index (χ1n) is 5.61. The fraction of sp³-hybridized carbons (Fsp3) is 0.308. The molecule has 90 valence electrons. The Bertz CT molecular complexity index is 408. The van der Waals surface area contributed by atoms with E-state index in [1.54, 1.807) is 19.3 Å². The SMILES string of the molecule is COc1ccc(C=CC(=O)NC2CNC2)cc1. The number of benzene rings is 1. The van der Waals surface area contributed by atoms with Gasteiger partial charge in [0, 0.05) is 19.2 Å². The topological polar surface area (TPSA) is 50.4 Å². The van der Waals surface area contributed by atoms with E-state index in [0.29, 0.717) is 0 Å². The molecule has 1 saturated heterocycles. The Kier molecular flexibility index (Phi) is 3.77. The lowest BCUT2D eigenvalue weighted by molar-refractivity contribution is -0.117. The summed E-state index contributed by atoms with van der Waals surface area (Å²) >= 11 is 0. The van der Waals surface area contributed by atoms with Gasteiger partial charge >= 0.3 is 0 Å². The summed E-state index contributed by atoms with van der Waals surface area (Å²) in [6.45, 7) is 1.73. The summed E-state index contributed by atoms with van der Waals surface area (Å²) < 4.78 is 5.06. The minimum absolute atomic E-state index is 0.0488. The van der Waals surface area contributed by atoms with Crippen LogP contribution in [-0.4, -0.2) is 32.1 Å². The van der Waals surface area contributed by atoms with Crippen LogP contribution in [0.2, 0.25) is 0 Å². The first kappa shape index (κ1) is 11.7. The van der Waals surface area contributed by atoms with Gasteiger partial charge in [-0.2, -0.15) is 0 Å². The molecule has 0 saturated carbocycles. The second-order valence-corrected chi connectivity index (χ2v) is 3.97. The summed E-state index contributed by atoms with van der Waals surface area (Å²) in [7, 11) is 1.63. The van der Waals surface area contributed by atoms with Gasteiger partial charge in [0.25, 0.3) is 0 Å².